The van der Waals surface area contributed by atoms with E-state index in [1.807, 2.05) is 24.3 Å². The van der Waals surface area contributed by atoms with Gasteiger partial charge in [-0.3, -0.25) is 0 Å². The molecule has 0 radical (unpaired) electrons. The summed E-state index contributed by atoms with van der Waals surface area (Å²) < 4.78 is 15.7. The van der Waals surface area contributed by atoms with E-state index in [0.717, 1.165) is 17.9 Å². The van der Waals surface area contributed by atoms with E-state index in [9.17, 15) is 4.79 Å². The molecule has 0 amide bonds. The number of hydrogen-bond acceptors (Lipinski definition) is 5. The molecular formula is C16H19NO4. The maximum Gasteiger partial charge on any atom is 0.373 e. The summed E-state index contributed by atoms with van der Waals surface area (Å²) in [6, 6.07) is 11.1. The lowest BCUT2D eigenvalue weighted by Gasteiger charge is -2.11. The van der Waals surface area contributed by atoms with Gasteiger partial charge in [0.25, 0.3) is 0 Å². The van der Waals surface area contributed by atoms with Crippen molar-refractivity contribution < 1.29 is 18.7 Å². The van der Waals surface area contributed by atoms with Gasteiger partial charge in [-0.25, -0.2) is 4.79 Å². The molecule has 0 bridgehead atoms. The van der Waals surface area contributed by atoms with Crippen molar-refractivity contribution in [1.29, 1.82) is 0 Å². The maximum absolute atomic E-state index is 11.3. The van der Waals surface area contributed by atoms with Crippen LogP contribution in [0.2, 0.25) is 0 Å². The highest BCUT2D eigenvalue weighted by atomic mass is 16.5. The number of esters is 1. The molecule has 5 nitrogen and oxygen atoms in total. The van der Waals surface area contributed by atoms with Crippen LogP contribution in [0.15, 0.2) is 40.8 Å². The number of methoxy groups -OCH3 is 1. The van der Waals surface area contributed by atoms with Crippen LogP contribution in [0.3, 0.4) is 0 Å². The Balaban J connectivity index is 1.99. The van der Waals surface area contributed by atoms with E-state index in [1.165, 1.54) is 7.11 Å². The van der Waals surface area contributed by atoms with Crippen LogP contribution in [0, 0.1) is 0 Å². The average molecular weight is 289 g/mol. The molecule has 2 rings (SSSR count). The second-order valence-electron chi connectivity index (χ2n) is 4.46. The van der Waals surface area contributed by atoms with Gasteiger partial charge in [0.15, 0.2) is 0 Å². The van der Waals surface area contributed by atoms with Crippen molar-refractivity contribution in [3.63, 3.8) is 0 Å². The molecule has 1 aromatic carbocycles. The largest absolute Gasteiger partial charge is 0.491 e. The maximum atomic E-state index is 11.3. The Morgan fingerprint density at radius 3 is 2.81 bits per heavy atom. The summed E-state index contributed by atoms with van der Waals surface area (Å²) in [5.41, 5.74) is 0.891. The van der Waals surface area contributed by atoms with Gasteiger partial charge in [0.2, 0.25) is 5.76 Å². The van der Waals surface area contributed by atoms with Gasteiger partial charge in [-0.15, -0.1) is 0 Å². The third kappa shape index (κ3) is 4.02. The quantitative estimate of drug-likeness (QED) is 0.791. The van der Waals surface area contributed by atoms with Crippen LogP contribution in [0.5, 0.6) is 5.75 Å². The molecule has 0 unspecified atom stereocenters. The zero-order valence-corrected chi connectivity index (χ0v) is 12.2. The van der Waals surface area contributed by atoms with Crippen LogP contribution in [0.25, 0.3) is 0 Å². The Morgan fingerprint density at radius 2 is 2.05 bits per heavy atom. The molecule has 5 heteroatoms. The Bertz CT molecular complexity index is 591. The van der Waals surface area contributed by atoms with Gasteiger partial charge < -0.3 is 19.2 Å². The van der Waals surface area contributed by atoms with Crippen molar-refractivity contribution >= 4 is 11.7 Å². The van der Waals surface area contributed by atoms with Crippen molar-refractivity contribution in [1.82, 2.24) is 0 Å². The normalized spacial score (nSPS) is 10.2. The summed E-state index contributed by atoms with van der Waals surface area (Å²) in [6.07, 6.45) is 0.953. The first kappa shape index (κ1) is 15.0. The van der Waals surface area contributed by atoms with Crippen LogP contribution < -0.4 is 10.1 Å². The van der Waals surface area contributed by atoms with Crippen LogP contribution in [0.1, 0.15) is 29.7 Å². The third-order valence-corrected chi connectivity index (χ3v) is 2.85. The first-order valence-corrected chi connectivity index (χ1v) is 6.87. The van der Waals surface area contributed by atoms with Gasteiger partial charge in [-0.05, 0) is 30.7 Å². The minimum atomic E-state index is -0.479. The van der Waals surface area contributed by atoms with E-state index in [1.54, 1.807) is 12.1 Å². The average Bonchev–Trinajstić information content (AvgIpc) is 3.00. The minimum Gasteiger partial charge on any atom is -0.491 e. The van der Waals surface area contributed by atoms with Crippen molar-refractivity contribution in [3.8, 4) is 5.75 Å². The first-order valence-electron chi connectivity index (χ1n) is 6.87. The molecule has 1 aromatic heterocycles. The monoisotopic (exact) mass is 289 g/mol. The lowest BCUT2D eigenvalue weighted by atomic mass is 10.3. The van der Waals surface area contributed by atoms with Crippen molar-refractivity contribution in [2.24, 2.45) is 0 Å². The molecule has 1 N–H and O–H groups in total. The van der Waals surface area contributed by atoms with Gasteiger partial charge in [0.05, 0.1) is 25.9 Å². The standard InChI is InChI=1S/C16H19NO4/c1-3-10-20-14-7-5-4-6-13(14)17-11-12-8-9-15(21-12)16(18)19-2/h4-9,17H,3,10-11H2,1-2H3. The second kappa shape index (κ2) is 7.38. The number of para-hydroxylation sites is 2. The van der Waals surface area contributed by atoms with E-state index in [4.69, 9.17) is 9.15 Å². The molecule has 0 saturated heterocycles. The third-order valence-electron chi connectivity index (χ3n) is 2.85. The zero-order chi connectivity index (χ0) is 15.1. The summed E-state index contributed by atoms with van der Waals surface area (Å²) >= 11 is 0. The van der Waals surface area contributed by atoms with E-state index in [0.29, 0.717) is 18.9 Å². The van der Waals surface area contributed by atoms with Crippen molar-refractivity contribution in [2.75, 3.05) is 19.0 Å². The Hall–Kier alpha value is -2.43. The fourth-order valence-electron chi connectivity index (χ4n) is 1.82. The van der Waals surface area contributed by atoms with Crippen LogP contribution >= 0.6 is 0 Å². The number of carbonyl (C=O) groups is 1. The Kier molecular flexibility index (Phi) is 5.26. The molecule has 112 valence electrons. The lowest BCUT2D eigenvalue weighted by molar-refractivity contribution is 0.0563. The summed E-state index contributed by atoms with van der Waals surface area (Å²) in [5.74, 6) is 1.18. The number of benzene rings is 1. The number of ether oxygens (including phenoxy) is 2. The molecule has 1 heterocycles. The molecule has 0 spiro atoms. The molecular weight excluding hydrogens is 270 g/mol. The van der Waals surface area contributed by atoms with Gasteiger partial charge in [-0.1, -0.05) is 19.1 Å². The van der Waals surface area contributed by atoms with Crippen LogP contribution in [-0.2, 0) is 11.3 Å². The molecule has 0 fully saturated rings. The smallest absolute Gasteiger partial charge is 0.373 e. The van der Waals surface area contributed by atoms with Crippen molar-refractivity contribution in [2.45, 2.75) is 19.9 Å². The van der Waals surface area contributed by atoms with Gasteiger partial charge in [0.1, 0.15) is 11.5 Å². The second-order valence-corrected chi connectivity index (χ2v) is 4.46. The molecule has 0 aliphatic heterocycles. The van der Waals surface area contributed by atoms with E-state index in [2.05, 4.69) is 17.0 Å². The number of nitrogens with one attached hydrogen (secondary N) is 1. The van der Waals surface area contributed by atoms with Gasteiger partial charge >= 0.3 is 5.97 Å². The topological polar surface area (TPSA) is 60.7 Å². The first-order chi connectivity index (χ1) is 10.2. The fourth-order valence-corrected chi connectivity index (χ4v) is 1.82. The summed E-state index contributed by atoms with van der Waals surface area (Å²) in [5, 5.41) is 3.24. The molecule has 0 atom stereocenters. The highest BCUT2D eigenvalue weighted by molar-refractivity contribution is 5.86. The predicted octanol–water partition coefficient (Wildman–Crippen LogP) is 3.47. The number of rotatable bonds is 7. The van der Waals surface area contributed by atoms with E-state index >= 15 is 0 Å². The lowest BCUT2D eigenvalue weighted by Crippen LogP contribution is -2.03. The molecule has 2 aromatic rings. The summed E-state index contributed by atoms with van der Waals surface area (Å²) in [7, 11) is 1.32. The van der Waals surface area contributed by atoms with Crippen molar-refractivity contribution in [3.05, 3.63) is 47.9 Å². The van der Waals surface area contributed by atoms with Crippen LogP contribution in [0.4, 0.5) is 5.69 Å². The highest BCUT2D eigenvalue weighted by Crippen LogP contribution is 2.24. The van der Waals surface area contributed by atoms with Crippen LogP contribution in [-0.4, -0.2) is 19.7 Å². The predicted molar refractivity (Wildman–Crippen MR) is 79.6 cm³/mol. The fraction of sp³-hybridized carbons (Fsp3) is 0.312. The van der Waals surface area contributed by atoms with E-state index < -0.39 is 5.97 Å². The SMILES string of the molecule is CCCOc1ccccc1NCc1ccc(C(=O)OC)o1. The molecule has 0 saturated carbocycles. The zero-order valence-electron chi connectivity index (χ0n) is 12.2. The highest BCUT2D eigenvalue weighted by Gasteiger charge is 2.11. The molecule has 0 aliphatic rings. The number of anilines is 1. The summed E-state index contributed by atoms with van der Waals surface area (Å²) in [6.45, 7) is 3.20. The van der Waals surface area contributed by atoms with Gasteiger partial charge in [0, 0.05) is 0 Å². The summed E-state index contributed by atoms with van der Waals surface area (Å²) in [4.78, 5) is 11.3. The number of carbonyl (C=O) groups excluding carboxylic acids is 1. The molecule has 0 aliphatic carbocycles. The minimum absolute atomic E-state index is 0.199. The Labute approximate surface area is 123 Å². The molecule has 21 heavy (non-hydrogen) atoms. The number of furan rings is 1. The Morgan fingerprint density at radius 1 is 1.24 bits per heavy atom. The van der Waals surface area contributed by atoms with Gasteiger partial charge in [-0.2, -0.15) is 0 Å². The number of hydrogen-bond donors (Lipinski definition) is 1. The van der Waals surface area contributed by atoms with E-state index in [-0.39, 0.29) is 5.76 Å².